The van der Waals surface area contributed by atoms with Crippen molar-refractivity contribution >= 4 is 29.1 Å². The number of benzene rings is 3. The Morgan fingerprint density at radius 1 is 0.820 bits per heavy atom. The normalized spacial score (nSPS) is 12.4. The van der Waals surface area contributed by atoms with Gasteiger partial charge < -0.3 is 25.2 Å². The number of thiophene rings is 1. The van der Waals surface area contributed by atoms with Gasteiger partial charge in [0.25, 0.3) is 5.91 Å². The van der Waals surface area contributed by atoms with Crippen LogP contribution in [0.4, 0.5) is 0 Å². The first-order valence-corrected chi connectivity index (χ1v) is 16.9. The van der Waals surface area contributed by atoms with E-state index in [0.29, 0.717) is 28.8 Å². The van der Waals surface area contributed by atoms with E-state index in [1.807, 2.05) is 78.9 Å². The first-order valence-electron chi connectivity index (χ1n) is 16.1. The minimum absolute atomic E-state index is 0.125. The van der Waals surface area contributed by atoms with Crippen LogP contribution in [-0.4, -0.2) is 52.1 Å². The van der Waals surface area contributed by atoms with Gasteiger partial charge in [0.15, 0.2) is 17.3 Å². The first kappa shape index (κ1) is 35.7. The van der Waals surface area contributed by atoms with Crippen LogP contribution in [0.15, 0.2) is 97.3 Å². The molecule has 3 aromatic carbocycles. The molecule has 11 heteroatoms. The number of rotatable bonds is 13. The summed E-state index contributed by atoms with van der Waals surface area (Å²) >= 11 is 1.37. The fourth-order valence-electron chi connectivity index (χ4n) is 5.03. The number of ether oxygens (including phenoxy) is 2. The summed E-state index contributed by atoms with van der Waals surface area (Å²) in [5, 5.41) is 14.6. The molecule has 2 amide bonds. The Morgan fingerprint density at radius 2 is 1.50 bits per heavy atom. The van der Waals surface area contributed by atoms with E-state index < -0.39 is 29.9 Å². The van der Waals surface area contributed by atoms with E-state index in [9.17, 15) is 19.5 Å². The van der Waals surface area contributed by atoms with Crippen LogP contribution in [0.25, 0.3) is 22.5 Å². The van der Waals surface area contributed by atoms with Crippen LogP contribution >= 0.6 is 11.3 Å². The number of carbonyl (C=O) groups is 3. The molecule has 5 rings (SSSR count). The van der Waals surface area contributed by atoms with Crippen LogP contribution in [0.5, 0.6) is 11.5 Å². The topological polar surface area (TPSA) is 140 Å². The number of aromatic nitrogens is 2. The molecule has 0 saturated carbocycles. The van der Waals surface area contributed by atoms with Crippen LogP contribution in [0.1, 0.15) is 53.4 Å². The molecule has 0 bridgehead atoms. The summed E-state index contributed by atoms with van der Waals surface area (Å²) in [7, 11) is 1.60. The molecule has 0 unspecified atom stereocenters. The monoisotopic (exact) mass is 692 g/mol. The summed E-state index contributed by atoms with van der Waals surface area (Å²) in [6, 6.07) is 24.5. The van der Waals surface area contributed by atoms with Gasteiger partial charge in [0.05, 0.1) is 12.0 Å². The third-order valence-corrected chi connectivity index (χ3v) is 9.47. The Balaban J connectivity index is 1.27. The maximum absolute atomic E-state index is 13.2. The highest BCUT2D eigenvalue weighted by Gasteiger charge is 2.26. The van der Waals surface area contributed by atoms with Crippen molar-refractivity contribution in [2.24, 2.45) is 0 Å². The minimum Gasteiger partial charge on any atom is -0.493 e. The van der Waals surface area contributed by atoms with Crippen molar-refractivity contribution in [3.8, 4) is 34.0 Å². The third-order valence-electron chi connectivity index (χ3n) is 7.96. The quantitative estimate of drug-likeness (QED) is 0.124. The molecule has 258 valence electrons. The molecule has 50 heavy (non-hydrogen) atoms. The van der Waals surface area contributed by atoms with Crippen molar-refractivity contribution in [1.29, 1.82) is 0 Å². The molecule has 2 heterocycles. The van der Waals surface area contributed by atoms with Crippen LogP contribution in [0, 0.1) is 0 Å². The molecule has 2 atom stereocenters. The number of carbonyl (C=O) groups excluding carboxylic acids is 2. The highest BCUT2D eigenvalue weighted by Crippen LogP contribution is 2.33. The number of amides is 2. The molecule has 0 aliphatic rings. The van der Waals surface area contributed by atoms with Crippen molar-refractivity contribution in [2.45, 2.75) is 58.2 Å². The number of hydrogen-bond donors (Lipinski definition) is 3. The number of carboxylic acid groups (broad SMARTS) is 1. The molecule has 5 aromatic rings. The standard InChI is InChI=1S/C39H40N4O6S/c1-24(38(46)47)42-36(44)30(43-37(45)33-17-18-34(50-33)39(2,3)4)19-25-11-13-27(14-12-25)35-40-21-29(22-41-35)28-15-16-31(32(20-28)48-5)49-23-26-9-7-6-8-10-26/h6-18,20-22,24,30H,19,23H2,1-5H3,(H,42,44)(H,43,45)(H,46,47)/t24-,30+/m1/s1. The summed E-state index contributed by atoms with van der Waals surface area (Å²) in [5.74, 6) is -0.406. The number of hydrogen-bond acceptors (Lipinski definition) is 8. The smallest absolute Gasteiger partial charge is 0.325 e. The van der Waals surface area contributed by atoms with Crippen LogP contribution in [0.3, 0.4) is 0 Å². The Kier molecular flexibility index (Phi) is 11.3. The van der Waals surface area contributed by atoms with Gasteiger partial charge in [-0.1, -0.05) is 81.4 Å². The summed E-state index contributed by atoms with van der Waals surface area (Å²) in [5.41, 5.74) is 4.13. The third kappa shape index (κ3) is 9.12. The van der Waals surface area contributed by atoms with Crippen molar-refractivity contribution < 1.29 is 29.0 Å². The largest absolute Gasteiger partial charge is 0.493 e. The van der Waals surface area contributed by atoms with Gasteiger partial charge in [0, 0.05) is 34.8 Å². The number of carboxylic acids is 1. The molecule has 0 aliphatic carbocycles. The minimum atomic E-state index is -1.17. The maximum Gasteiger partial charge on any atom is 0.325 e. The van der Waals surface area contributed by atoms with Crippen molar-refractivity contribution in [3.63, 3.8) is 0 Å². The summed E-state index contributed by atoms with van der Waals surface area (Å²) in [4.78, 5) is 48.4. The van der Waals surface area contributed by atoms with Crippen LogP contribution in [-0.2, 0) is 28.0 Å². The molecule has 3 N–H and O–H groups in total. The molecule has 0 fully saturated rings. The summed E-state index contributed by atoms with van der Waals surface area (Å²) in [6.45, 7) is 7.99. The Bertz CT molecular complexity index is 1940. The average Bonchev–Trinajstić information content (AvgIpc) is 3.63. The highest BCUT2D eigenvalue weighted by molar-refractivity contribution is 7.14. The highest BCUT2D eigenvalue weighted by atomic mass is 32.1. The molecule has 2 aromatic heterocycles. The van der Waals surface area contributed by atoms with Gasteiger partial charge in [0.1, 0.15) is 18.7 Å². The van der Waals surface area contributed by atoms with Gasteiger partial charge in [0.2, 0.25) is 5.91 Å². The van der Waals surface area contributed by atoms with Gasteiger partial charge in [-0.25, -0.2) is 9.97 Å². The fraction of sp³-hybridized carbons (Fsp3) is 0.256. The average molecular weight is 693 g/mol. The number of nitrogens with zero attached hydrogens (tertiary/aromatic N) is 2. The lowest BCUT2D eigenvalue weighted by Crippen LogP contribution is -2.51. The molecular formula is C39H40N4O6S. The first-order chi connectivity index (χ1) is 23.9. The van der Waals surface area contributed by atoms with Gasteiger partial charge >= 0.3 is 5.97 Å². The van der Waals surface area contributed by atoms with E-state index in [4.69, 9.17) is 9.47 Å². The second kappa shape index (κ2) is 15.8. The number of aliphatic carboxylic acids is 1. The van der Waals surface area contributed by atoms with E-state index in [0.717, 1.165) is 32.7 Å². The SMILES string of the molecule is COc1cc(-c2cnc(-c3ccc(C[C@H](NC(=O)c4ccc(C(C)(C)C)s4)C(=O)N[C@H](C)C(=O)O)cc3)nc2)ccc1OCc1ccccc1. The van der Waals surface area contributed by atoms with Gasteiger partial charge in [-0.2, -0.15) is 0 Å². The lowest BCUT2D eigenvalue weighted by atomic mass is 9.95. The maximum atomic E-state index is 13.2. The van der Waals surface area contributed by atoms with Gasteiger partial charge in [-0.05, 0) is 53.3 Å². The Labute approximate surface area is 295 Å². The second-order valence-electron chi connectivity index (χ2n) is 12.8. The zero-order valence-electron chi connectivity index (χ0n) is 28.6. The van der Waals surface area contributed by atoms with Gasteiger partial charge in [-0.15, -0.1) is 11.3 Å². The molecular weight excluding hydrogens is 653 g/mol. The summed E-state index contributed by atoms with van der Waals surface area (Å²) in [6.07, 6.45) is 3.63. The van der Waals surface area contributed by atoms with E-state index in [2.05, 4.69) is 41.4 Å². The molecule has 0 aliphatic heterocycles. The predicted octanol–water partition coefficient (Wildman–Crippen LogP) is 6.69. The van der Waals surface area contributed by atoms with E-state index in [1.54, 1.807) is 25.6 Å². The molecule has 10 nitrogen and oxygen atoms in total. The molecule has 0 radical (unpaired) electrons. The van der Waals surface area contributed by atoms with E-state index in [1.165, 1.54) is 18.3 Å². The number of methoxy groups -OCH3 is 1. The molecule has 0 saturated heterocycles. The van der Waals surface area contributed by atoms with Gasteiger partial charge in [-0.3, -0.25) is 14.4 Å². The van der Waals surface area contributed by atoms with E-state index in [-0.39, 0.29) is 11.8 Å². The zero-order valence-corrected chi connectivity index (χ0v) is 29.4. The van der Waals surface area contributed by atoms with Crippen molar-refractivity contribution in [3.05, 3.63) is 118 Å². The lowest BCUT2D eigenvalue weighted by Gasteiger charge is -2.20. The van der Waals surface area contributed by atoms with Crippen LogP contribution in [0.2, 0.25) is 0 Å². The number of nitrogens with one attached hydrogen (secondary N) is 2. The lowest BCUT2D eigenvalue weighted by molar-refractivity contribution is -0.141. The Hall–Kier alpha value is -5.55. The fourth-order valence-corrected chi connectivity index (χ4v) is 6.00. The van der Waals surface area contributed by atoms with Crippen LogP contribution < -0.4 is 20.1 Å². The van der Waals surface area contributed by atoms with E-state index >= 15 is 0 Å². The predicted molar refractivity (Wildman–Crippen MR) is 193 cm³/mol. The molecule has 0 spiro atoms. The van der Waals surface area contributed by atoms with Crippen molar-refractivity contribution in [1.82, 2.24) is 20.6 Å². The zero-order chi connectivity index (χ0) is 35.8. The Morgan fingerprint density at radius 3 is 2.12 bits per heavy atom. The van der Waals surface area contributed by atoms with Crippen molar-refractivity contribution in [2.75, 3.05) is 7.11 Å². The second-order valence-corrected chi connectivity index (χ2v) is 13.9. The summed E-state index contributed by atoms with van der Waals surface area (Å²) < 4.78 is 11.6.